The van der Waals surface area contributed by atoms with Gasteiger partial charge in [0.2, 0.25) is 0 Å². The molecule has 3 nitrogen and oxygen atoms in total. The molecule has 2 aromatic carbocycles. The smallest absolute Gasteiger partial charge is 0.335 e. The molecule has 0 atom stereocenters. The van der Waals surface area contributed by atoms with E-state index >= 15 is 0 Å². The van der Waals surface area contributed by atoms with E-state index in [0.717, 1.165) is 11.6 Å². The summed E-state index contributed by atoms with van der Waals surface area (Å²) in [7, 11) is 0. The lowest BCUT2D eigenvalue weighted by Gasteiger charge is -2.08. The summed E-state index contributed by atoms with van der Waals surface area (Å²) in [4.78, 5) is 10.8. The number of carbonyl (C=O) groups is 1. The fourth-order valence-electron chi connectivity index (χ4n) is 1.73. The van der Waals surface area contributed by atoms with Gasteiger partial charge in [-0.05, 0) is 48.4 Å². The molecule has 0 fully saturated rings. The maximum Gasteiger partial charge on any atom is 0.335 e. The number of hydrogen-bond acceptors (Lipinski definition) is 2. The molecule has 0 unspecified atom stereocenters. The van der Waals surface area contributed by atoms with Crippen LogP contribution in [-0.4, -0.2) is 11.1 Å². The average molecular weight is 260 g/mol. The van der Waals surface area contributed by atoms with Crippen LogP contribution in [0.3, 0.4) is 0 Å². The number of ether oxygens (including phenoxy) is 1. The fraction of sp³-hybridized carbons (Fsp3) is 0.133. The van der Waals surface area contributed by atoms with Crippen molar-refractivity contribution in [1.29, 1.82) is 0 Å². The minimum absolute atomic E-state index is 0.0807. The molecule has 0 saturated carbocycles. The minimum atomic E-state index is -1.16. The number of hydrogen-bond donors (Lipinski definition) is 1. The predicted molar refractivity (Wildman–Crippen MR) is 68.9 cm³/mol. The lowest BCUT2D eigenvalue weighted by atomic mass is 10.1. The number of carboxylic acid groups (broad SMARTS) is 1. The van der Waals surface area contributed by atoms with Gasteiger partial charge in [-0.3, -0.25) is 0 Å². The molecule has 19 heavy (non-hydrogen) atoms. The normalized spacial score (nSPS) is 10.2. The molecule has 0 bridgehead atoms. The van der Waals surface area contributed by atoms with Crippen molar-refractivity contribution in [3.8, 4) is 5.75 Å². The van der Waals surface area contributed by atoms with Crippen molar-refractivity contribution in [1.82, 2.24) is 0 Å². The molecule has 0 aliphatic rings. The first-order valence-corrected chi connectivity index (χ1v) is 5.77. The van der Waals surface area contributed by atoms with Crippen LogP contribution in [0.1, 0.15) is 21.5 Å². The number of aryl methyl sites for hydroxylation is 1. The van der Waals surface area contributed by atoms with E-state index in [1.807, 2.05) is 25.1 Å². The third-order valence-electron chi connectivity index (χ3n) is 2.60. The number of rotatable bonds is 4. The molecular formula is C15H13FO3. The summed E-state index contributed by atoms with van der Waals surface area (Å²) in [6.07, 6.45) is 0. The highest BCUT2D eigenvalue weighted by Crippen LogP contribution is 2.16. The minimum Gasteiger partial charge on any atom is -0.489 e. The lowest BCUT2D eigenvalue weighted by molar-refractivity contribution is 0.0696. The Morgan fingerprint density at radius 1 is 1.26 bits per heavy atom. The van der Waals surface area contributed by atoms with Crippen LogP contribution in [0.5, 0.6) is 5.75 Å². The zero-order chi connectivity index (χ0) is 13.8. The largest absolute Gasteiger partial charge is 0.489 e. The van der Waals surface area contributed by atoms with Gasteiger partial charge in [0.05, 0.1) is 5.56 Å². The number of halogens is 1. The van der Waals surface area contributed by atoms with Gasteiger partial charge in [0, 0.05) is 0 Å². The quantitative estimate of drug-likeness (QED) is 0.916. The van der Waals surface area contributed by atoms with E-state index in [1.54, 1.807) is 6.07 Å². The fourth-order valence-corrected chi connectivity index (χ4v) is 1.73. The maximum atomic E-state index is 13.3. The second-order valence-electron chi connectivity index (χ2n) is 4.26. The molecule has 2 rings (SSSR count). The van der Waals surface area contributed by atoms with Crippen LogP contribution in [-0.2, 0) is 6.61 Å². The summed E-state index contributed by atoms with van der Waals surface area (Å²) < 4.78 is 18.8. The summed E-state index contributed by atoms with van der Waals surface area (Å²) in [5, 5.41) is 8.85. The summed E-state index contributed by atoms with van der Waals surface area (Å²) >= 11 is 0. The van der Waals surface area contributed by atoms with Crippen molar-refractivity contribution in [2.24, 2.45) is 0 Å². The molecule has 0 saturated heterocycles. The number of carboxylic acids is 1. The molecule has 0 spiro atoms. The lowest BCUT2D eigenvalue weighted by Crippen LogP contribution is -2.02. The molecule has 0 heterocycles. The SMILES string of the molecule is Cc1cccc(OCc2cc(F)cc(C(=O)O)c2)c1. The van der Waals surface area contributed by atoms with Gasteiger partial charge < -0.3 is 9.84 Å². The van der Waals surface area contributed by atoms with Gasteiger partial charge in [-0.15, -0.1) is 0 Å². The number of benzene rings is 2. The monoisotopic (exact) mass is 260 g/mol. The van der Waals surface area contributed by atoms with Crippen molar-refractivity contribution in [3.05, 3.63) is 65.0 Å². The Hall–Kier alpha value is -2.36. The Morgan fingerprint density at radius 2 is 2.05 bits per heavy atom. The Bertz CT molecular complexity index is 608. The zero-order valence-electron chi connectivity index (χ0n) is 10.4. The second kappa shape index (κ2) is 5.52. The summed E-state index contributed by atoms with van der Waals surface area (Å²) in [5.74, 6) is -1.07. The molecule has 98 valence electrons. The van der Waals surface area contributed by atoms with Gasteiger partial charge >= 0.3 is 5.97 Å². The van der Waals surface area contributed by atoms with Crippen molar-refractivity contribution in [3.63, 3.8) is 0 Å². The van der Waals surface area contributed by atoms with Crippen LogP contribution in [0.2, 0.25) is 0 Å². The van der Waals surface area contributed by atoms with Crippen LogP contribution >= 0.6 is 0 Å². The highest BCUT2D eigenvalue weighted by Gasteiger charge is 2.07. The highest BCUT2D eigenvalue weighted by atomic mass is 19.1. The standard InChI is InChI=1S/C15H13FO3/c1-10-3-2-4-14(5-10)19-9-11-6-12(15(17)18)8-13(16)7-11/h2-8H,9H2,1H3,(H,17,18). The highest BCUT2D eigenvalue weighted by molar-refractivity contribution is 5.87. The molecule has 1 N–H and O–H groups in total. The molecular weight excluding hydrogens is 247 g/mol. The van der Waals surface area contributed by atoms with E-state index in [4.69, 9.17) is 9.84 Å². The molecule has 4 heteroatoms. The summed E-state index contributed by atoms with van der Waals surface area (Å²) in [6.45, 7) is 2.07. The summed E-state index contributed by atoms with van der Waals surface area (Å²) in [6, 6.07) is 11.1. The first-order valence-electron chi connectivity index (χ1n) is 5.77. The Kier molecular flexibility index (Phi) is 3.80. The summed E-state index contributed by atoms with van der Waals surface area (Å²) in [5.41, 5.74) is 1.46. The third-order valence-corrected chi connectivity index (χ3v) is 2.60. The van der Waals surface area contributed by atoms with Gasteiger partial charge in [0.1, 0.15) is 18.2 Å². The first kappa shape index (κ1) is 13.1. The van der Waals surface area contributed by atoms with E-state index in [0.29, 0.717) is 11.3 Å². The van der Waals surface area contributed by atoms with Gasteiger partial charge in [0.15, 0.2) is 0 Å². The Morgan fingerprint density at radius 3 is 2.74 bits per heavy atom. The van der Waals surface area contributed by atoms with Gasteiger partial charge in [-0.1, -0.05) is 12.1 Å². The van der Waals surface area contributed by atoms with E-state index in [2.05, 4.69) is 0 Å². The Balaban J connectivity index is 2.13. The first-order chi connectivity index (χ1) is 9.04. The van der Waals surface area contributed by atoms with E-state index in [9.17, 15) is 9.18 Å². The topological polar surface area (TPSA) is 46.5 Å². The van der Waals surface area contributed by atoms with Crippen LogP contribution in [0.4, 0.5) is 4.39 Å². The van der Waals surface area contributed by atoms with Crippen LogP contribution in [0.25, 0.3) is 0 Å². The molecule has 2 aromatic rings. The van der Waals surface area contributed by atoms with Gasteiger partial charge in [-0.2, -0.15) is 0 Å². The molecule has 0 amide bonds. The van der Waals surface area contributed by atoms with Gasteiger partial charge in [-0.25, -0.2) is 9.18 Å². The van der Waals surface area contributed by atoms with Crippen molar-refractivity contribution in [2.45, 2.75) is 13.5 Å². The van der Waals surface area contributed by atoms with Crippen molar-refractivity contribution < 1.29 is 19.0 Å². The van der Waals surface area contributed by atoms with Crippen LogP contribution in [0, 0.1) is 12.7 Å². The molecule has 0 radical (unpaired) electrons. The predicted octanol–water partition coefficient (Wildman–Crippen LogP) is 3.41. The van der Waals surface area contributed by atoms with Crippen LogP contribution in [0.15, 0.2) is 42.5 Å². The van der Waals surface area contributed by atoms with E-state index in [1.165, 1.54) is 12.1 Å². The average Bonchev–Trinajstić information content (AvgIpc) is 2.36. The van der Waals surface area contributed by atoms with Crippen molar-refractivity contribution in [2.75, 3.05) is 0 Å². The third kappa shape index (κ3) is 3.55. The number of aromatic carboxylic acids is 1. The van der Waals surface area contributed by atoms with E-state index in [-0.39, 0.29) is 12.2 Å². The van der Waals surface area contributed by atoms with Gasteiger partial charge in [0.25, 0.3) is 0 Å². The van der Waals surface area contributed by atoms with E-state index < -0.39 is 11.8 Å². The zero-order valence-corrected chi connectivity index (χ0v) is 10.4. The molecule has 0 aromatic heterocycles. The maximum absolute atomic E-state index is 13.3. The Labute approximate surface area is 110 Å². The molecule has 0 aliphatic heterocycles. The van der Waals surface area contributed by atoms with Crippen LogP contribution < -0.4 is 4.74 Å². The van der Waals surface area contributed by atoms with Crippen molar-refractivity contribution >= 4 is 5.97 Å². The molecule has 0 aliphatic carbocycles. The second-order valence-corrected chi connectivity index (χ2v) is 4.26.